The summed E-state index contributed by atoms with van der Waals surface area (Å²) in [6.45, 7) is 8.02. The standard InChI is InChI=1S/C26H34N4O3/c1-5-33-26(32)21-8-6-13-29(16-21)17-25(31)30-24(23-9-7-12-28(23)4)15-22(27-30)20-11-10-18(2)19(3)14-20/h7,9-12,14,21,24H,5-6,8,13,15-17H2,1-4H3/t21-,24-/m0/s1. The van der Waals surface area contributed by atoms with E-state index in [9.17, 15) is 9.59 Å². The molecule has 4 rings (SSSR count). The molecule has 1 amide bonds. The van der Waals surface area contributed by atoms with Crippen LogP contribution in [0.2, 0.25) is 0 Å². The Kier molecular flexibility index (Phi) is 6.98. The molecule has 7 heteroatoms. The second-order valence-corrected chi connectivity index (χ2v) is 9.17. The molecule has 3 heterocycles. The second kappa shape index (κ2) is 9.91. The monoisotopic (exact) mass is 450 g/mol. The number of amides is 1. The minimum atomic E-state index is -0.164. The number of ether oxygens (including phenoxy) is 1. The molecule has 0 spiro atoms. The number of carbonyl (C=O) groups excluding carboxylic acids is 2. The molecule has 0 bridgehead atoms. The van der Waals surface area contributed by atoms with Gasteiger partial charge in [0.25, 0.3) is 5.91 Å². The Balaban J connectivity index is 1.54. The number of esters is 1. The average Bonchev–Trinajstić information content (AvgIpc) is 3.42. The van der Waals surface area contributed by atoms with E-state index in [1.165, 1.54) is 11.1 Å². The maximum atomic E-state index is 13.5. The molecular formula is C26H34N4O3. The van der Waals surface area contributed by atoms with Gasteiger partial charge in [-0.15, -0.1) is 0 Å². The van der Waals surface area contributed by atoms with Crippen LogP contribution in [0.15, 0.2) is 41.6 Å². The van der Waals surface area contributed by atoms with E-state index in [1.54, 1.807) is 5.01 Å². The Labute approximate surface area is 196 Å². The lowest BCUT2D eigenvalue weighted by atomic mass is 9.98. The second-order valence-electron chi connectivity index (χ2n) is 9.17. The number of hydrogen-bond donors (Lipinski definition) is 0. The van der Waals surface area contributed by atoms with Gasteiger partial charge in [0.05, 0.1) is 24.8 Å². The van der Waals surface area contributed by atoms with Crippen LogP contribution in [0.1, 0.15) is 54.6 Å². The molecule has 0 aliphatic carbocycles. The van der Waals surface area contributed by atoms with Crippen LogP contribution < -0.4 is 0 Å². The van der Waals surface area contributed by atoms with Crippen LogP contribution in [0.4, 0.5) is 0 Å². The van der Waals surface area contributed by atoms with Crippen LogP contribution in [0.5, 0.6) is 0 Å². The summed E-state index contributed by atoms with van der Waals surface area (Å²) < 4.78 is 7.27. The van der Waals surface area contributed by atoms with Crippen molar-refractivity contribution in [3.05, 3.63) is 58.9 Å². The van der Waals surface area contributed by atoms with Crippen molar-refractivity contribution in [1.29, 1.82) is 0 Å². The number of hydrogen-bond acceptors (Lipinski definition) is 5. The zero-order valence-corrected chi connectivity index (χ0v) is 20.1. The smallest absolute Gasteiger partial charge is 0.310 e. The number of carbonyl (C=O) groups is 2. The third kappa shape index (κ3) is 5.03. The molecule has 1 saturated heterocycles. The molecule has 0 unspecified atom stereocenters. The molecule has 7 nitrogen and oxygen atoms in total. The summed E-state index contributed by atoms with van der Waals surface area (Å²) in [7, 11) is 2.00. The molecule has 2 aliphatic rings. The molecule has 2 aromatic rings. The van der Waals surface area contributed by atoms with Crippen LogP contribution in [0.3, 0.4) is 0 Å². The molecule has 33 heavy (non-hydrogen) atoms. The Morgan fingerprint density at radius 3 is 2.70 bits per heavy atom. The first kappa shape index (κ1) is 23.2. The summed E-state index contributed by atoms with van der Waals surface area (Å²) in [4.78, 5) is 27.8. The maximum absolute atomic E-state index is 13.5. The SMILES string of the molecule is CCOC(=O)[C@H]1CCCN(CC(=O)N2N=C(c3ccc(C)c(C)c3)C[C@H]2c2cccn2C)C1. The van der Waals surface area contributed by atoms with E-state index in [-0.39, 0.29) is 30.4 Å². The Hall–Kier alpha value is -2.93. The Bertz CT molecular complexity index is 1060. The van der Waals surface area contributed by atoms with Gasteiger partial charge in [-0.2, -0.15) is 5.10 Å². The zero-order chi connectivity index (χ0) is 23.5. The van der Waals surface area contributed by atoms with Gasteiger partial charge in [-0.3, -0.25) is 14.5 Å². The molecule has 1 fully saturated rings. The third-order valence-electron chi connectivity index (χ3n) is 6.82. The largest absolute Gasteiger partial charge is 0.466 e. The minimum absolute atomic E-state index is 0.0375. The fourth-order valence-electron chi connectivity index (χ4n) is 4.80. The van der Waals surface area contributed by atoms with Gasteiger partial charge in [0.15, 0.2) is 0 Å². The molecule has 176 valence electrons. The fraction of sp³-hybridized carbons (Fsp3) is 0.500. The highest BCUT2D eigenvalue weighted by Crippen LogP contribution is 2.33. The minimum Gasteiger partial charge on any atom is -0.466 e. The average molecular weight is 451 g/mol. The molecule has 2 aliphatic heterocycles. The van der Waals surface area contributed by atoms with Gasteiger partial charge >= 0.3 is 5.97 Å². The number of benzene rings is 1. The van der Waals surface area contributed by atoms with E-state index in [0.717, 1.165) is 36.4 Å². The first-order chi connectivity index (χ1) is 15.9. The molecule has 0 saturated carbocycles. The quantitative estimate of drug-likeness (QED) is 0.631. The highest BCUT2D eigenvalue weighted by Gasteiger charge is 2.36. The van der Waals surface area contributed by atoms with Crippen molar-refractivity contribution in [3.8, 4) is 0 Å². The number of hydrazone groups is 1. The fourth-order valence-corrected chi connectivity index (χ4v) is 4.80. The van der Waals surface area contributed by atoms with Crippen molar-refractivity contribution in [3.63, 3.8) is 0 Å². The van der Waals surface area contributed by atoms with Crippen LogP contribution in [-0.4, -0.2) is 58.3 Å². The molecule has 2 atom stereocenters. The third-order valence-corrected chi connectivity index (χ3v) is 6.82. The number of aromatic nitrogens is 1. The number of aryl methyl sites for hydroxylation is 3. The van der Waals surface area contributed by atoms with E-state index in [2.05, 4.69) is 47.6 Å². The van der Waals surface area contributed by atoms with Crippen molar-refractivity contribution >= 4 is 17.6 Å². The highest BCUT2D eigenvalue weighted by molar-refractivity contribution is 6.03. The number of likely N-dealkylation sites (tertiary alicyclic amines) is 1. The lowest BCUT2D eigenvalue weighted by Crippen LogP contribution is -2.45. The molecule has 1 aromatic heterocycles. The first-order valence-corrected chi connectivity index (χ1v) is 11.8. The van der Waals surface area contributed by atoms with Crippen molar-refractivity contribution < 1.29 is 14.3 Å². The maximum Gasteiger partial charge on any atom is 0.310 e. The van der Waals surface area contributed by atoms with Crippen LogP contribution in [-0.2, 0) is 21.4 Å². The first-order valence-electron chi connectivity index (χ1n) is 11.8. The Morgan fingerprint density at radius 1 is 1.18 bits per heavy atom. The summed E-state index contributed by atoms with van der Waals surface area (Å²) in [5.41, 5.74) is 5.52. The van der Waals surface area contributed by atoms with E-state index < -0.39 is 0 Å². The van der Waals surface area contributed by atoms with Crippen LogP contribution in [0, 0.1) is 19.8 Å². The number of piperidine rings is 1. The van der Waals surface area contributed by atoms with E-state index in [4.69, 9.17) is 9.84 Å². The number of nitrogens with zero attached hydrogens (tertiary/aromatic N) is 4. The van der Waals surface area contributed by atoms with Crippen LogP contribution >= 0.6 is 0 Å². The summed E-state index contributed by atoms with van der Waals surface area (Å²) in [5, 5.41) is 6.49. The van der Waals surface area contributed by atoms with Gasteiger partial charge in [0.2, 0.25) is 0 Å². The lowest BCUT2D eigenvalue weighted by Gasteiger charge is -2.32. The lowest BCUT2D eigenvalue weighted by molar-refractivity contribution is -0.150. The molecule has 1 aromatic carbocycles. The topological polar surface area (TPSA) is 67.1 Å². The highest BCUT2D eigenvalue weighted by atomic mass is 16.5. The number of rotatable bonds is 6. The van der Waals surface area contributed by atoms with Crippen molar-refractivity contribution in [2.75, 3.05) is 26.2 Å². The Morgan fingerprint density at radius 2 is 2.00 bits per heavy atom. The normalized spacial score (nSPS) is 21.2. The molecular weight excluding hydrogens is 416 g/mol. The van der Waals surface area contributed by atoms with E-state index in [1.807, 2.05) is 26.2 Å². The summed E-state index contributed by atoms with van der Waals surface area (Å²) in [5.74, 6) is -0.361. The van der Waals surface area contributed by atoms with Crippen molar-refractivity contribution in [2.45, 2.75) is 46.1 Å². The van der Waals surface area contributed by atoms with E-state index in [0.29, 0.717) is 19.6 Å². The van der Waals surface area contributed by atoms with Crippen molar-refractivity contribution in [1.82, 2.24) is 14.5 Å². The summed E-state index contributed by atoms with van der Waals surface area (Å²) in [6.07, 6.45) is 4.38. The predicted molar refractivity (Wildman–Crippen MR) is 128 cm³/mol. The van der Waals surface area contributed by atoms with Crippen LogP contribution in [0.25, 0.3) is 0 Å². The molecule has 0 N–H and O–H groups in total. The molecule has 0 radical (unpaired) electrons. The van der Waals surface area contributed by atoms with Gasteiger partial charge in [-0.05, 0) is 75.0 Å². The van der Waals surface area contributed by atoms with Gasteiger partial charge in [0, 0.05) is 31.9 Å². The van der Waals surface area contributed by atoms with Gasteiger partial charge < -0.3 is 9.30 Å². The van der Waals surface area contributed by atoms with Gasteiger partial charge in [-0.1, -0.05) is 12.1 Å². The zero-order valence-electron chi connectivity index (χ0n) is 20.1. The van der Waals surface area contributed by atoms with Gasteiger partial charge in [0.1, 0.15) is 6.04 Å². The summed E-state index contributed by atoms with van der Waals surface area (Å²) in [6, 6.07) is 10.3. The van der Waals surface area contributed by atoms with E-state index >= 15 is 0 Å². The predicted octanol–water partition coefficient (Wildman–Crippen LogP) is 3.59. The van der Waals surface area contributed by atoms with Gasteiger partial charge in [-0.25, -0.2) is 5.01 Å². The van der Waals surface area contributed by atoms with Crippen molar-refractivity contribution in [2.24, 2.45) is 18.1 Å². The summed E-state index contributed by atoms with van der Waals surface area (Å²) >= 11 is 0.